The molecule has 1 saturated heterocycles. The third kappa shape index (κ3) is 3.31. The second-order valence-corrected chi connectivity index (χ2v) is 5.51. The van der Waals surface area contributed by atoms with Crippen LogP contribution < -0.4 is 10.2 Å². The summed E-state index contributed by atoms with van der Waals surface area (Å²) in [5, 5.41) is 20.6. The van der Waals surface area contributed by atoms with E-state index in [0.717, 1.165) is 43.3 Å². The van der Waals surface area contributed by atoms with Gasteiger partial charge in [0.25, 0.3) is 0 Å². The largest absolute Gasteiger partial charge is 0.366 e. The average molecular weight is 294 g/mol. The van der Waals surface area contributed by atoms with E-state index in [1.807, 2.05) is 25.1 Å². The second-order valence-electron chi connectivity index (χ2n) is 5.51. The van der Waals surface area contributed by atoms with E-state index in [0.29, 0.717) is 11.6 Å². The minimum absolute atomic E-state index is 0.317. The summed E-state index contributed by atoms with van der Waals surface area (Å²) in [4.78, 5) is 6.52. The maximum absolute atomic E-state index is 8.80. The summed E-state index contributed by atoms with van der Waals surface area (Å²) in [6.45, 7) is 3.81. The van der Waals surface area contributed by atoms with Crippen LogP contribution in [-0.4, -0.2) is 34.3 Å². The molecule has 22 heavy (non-hydrogen) atoms. The fourth-order valence-corrected chi connectivity index (χ4v) is 2.62. The van der Waals surface area contributed by atoms with E-state index >= 15 is 0 Å². The Labute approximate surface area is 129 Å². The summed E-state index contributed by atoms with van der Waals surface area (Å²) in [5.74, 6) is 1.73. The van der Waals surface area contributed by atoms with Crippen molar-refractivity contribution in [1.82, 2.24) is 15.2 Å². The SMILES string of the molecule is Cc1ccc(N2CCC[C@H](Nc3ccc(C#N)cn3)C2)nn1. The van der Waals surface area contributed by atoms with Crippen LogP contribution in [0.3, 0.4) is 0 Å². The van der Waals surface area contributed by atoms with Crippen LogP contribution in [0.1, 0.15) is 24.1 Å². The lowest BCUT2D eigenvalue weighted by atomic mass is 10.1. The predicted octanol–water partition coefficient (Wildman–Crippen LogP) is 2.13. The number of pyridine rings is 1. The number of rotatable bonds is 3. The molecular formula is C16H18N6. The zero-order valence-electron chi connectivity index (χ0n) is 12.5. The number of hydrogen-bond donors (Lipinski definition) is 1. The van der Waals surface area contributed by atoms with Crippen molar-refractivity contribution in [2.45, 2.75) is 25.8 Å². The standard InChI is InChI=1S/C16H18N6/c1-12-4-7-16(21-20-12)22-8-2-3-14(11-22)19-15-6-5-13(9-17)10-18-15/h4-7,10,14H,2-3,8,11H2,1H3,(H,18,19)/t14-/m0/s1. The Hall–Kier alpha value is -2.68. The maximum atomic E-state index is 8.80. The fraction of sp³-hybridized carbons (Fsp3) is 0.375. The number of hydrogen-bond acceptors (Lipinski definition) is 6. The molecule has 0 aromatic carbocycles. The Morgan fingerprint density at radius 1 is 1.27 bits per heavy atom. The molecule has 0 amide bonds. The van der Waals surface area contributed by atoms with E-state index in [4.69, 9.17) is 5.26 Å². The summed E-state index contributed by atoms with van der Waals surface area (Å²) >= 11 is 0. The normalized spacial score (nSPS) is 17.8. The average Bonchev–Trinajstić information content (AvgIpc) is 2.56. The first-order valence-corrected chi connectivity index (χ1v) is 7.42. The molecule has 6 nitrogen and oxygen atoms in total. The van der Waals surface area contributed by atoms with Gasteiger partial charge in [0.2, 0.25) is 0 Å². The molecule has 0 aliphatic carbocycles. The van der Waals surface area contributed by atoms with E-state index < -0.39 is 0 Å². The highest BCUT2D eigenvalue weighted by Gasteiger charge is 2.21. The smallest absolute Gasteiger partial charge is 0.151 e. The van der Waals surface area contributed by atoms with E-state index in [9.17, 15) is 0 Å². The zero-order valence-corrected chi connectivity index (χ0v) is 12.5. The Morgan fingerprint density at radius 2 is 2.18 bits per heavy atom. The molecule has 1 aliphatic heterocycles. The topological polar surface area (TPSA) is 77.7 Å². The second kappa shape index (κ2) is 6.39. The van der Waals surface area contributed by atoms with Gasteiger partial charge in [-0.2, -0.15) is 10.4 Å². The van der Waals surface area contributed by atoms with Gasteiger partial charge in [0.1, 0.15) is 11.9 Å². The highest BCUT2D eigenvalue weighted by atomic mass is 15.3. The zero-order chi connectivity index (χ0) is 15.4. The lowest BCUT2D eigenvalue weighted by molar-refractivity contribution is 0.524. The molecule has 112 valence electrons. The third-order valence-corrected chi connectivity index (χ3v) is 3.77. The Morgan fingerprint density at radius 3 is 2.86 bits per heavy atom. The van der Waals surface area contributed by atoms with Gasteiger partial charge in [0, 0.05) is 25.3 Å². The number of nitrogens with zero attached hydrogens (tertiary/aromatic N) is 5. The minimum Gasteiger partial charge on any atom is -0.366 e. The number of nitrogens with one attached hydrogen (secondary N) is 1. The molecule has 0 saturated carbocycles. The van der Waals surface area contributed by atoms with Crippen LogP contribution in [0.15, 0.2) is 30.5 Å². The highest BCUT2D eigenvalue weighted by Crippen LogP contribution is 2.19. The van der Waals surface area contributed by atoms with Crippen molar-refractivity contribution in [3.8, 4) is 6.07 Å². The van der Waals surface area contributed by atoms with Crippen LogP contribution in [0.5, 0.6) is 0 Å². The van der Waals surface area contributed by atoms with Crippen molar-refractivity contribution in [1.29, 1.82) is 5.26 Å². The van der Waals surface area contributed by atoms with Gasteiger partial charge < -0.3 is 10.2 Å². The maximum Gasteiger partial charge on any atom is 0.151 e. The number of nitriles is 1. The molecular weight excluding hydrogens is 276 g/mol. The third-order valence-electron chi connectivity index (χ3n) is 3.77. The fourth-order valence-electron chi connectivity index (χ4n) is 2.62. The molecule has 0 spiro atoms. The summed E-state index contributed by atoms with van der Waals surface area (Å²) in [6, 6.07) is 10.0. The molecule has 1 atom stereocenters. The van der Waals surface area contributed by atoms with Gasteiger partial charge in [-0.3, -0.25) is 0 Å². The van der Waals surface area contributed by atoms with Crippen LogP contribution >= 0.6 is 0 Å². The van der Waals surface area contributed by atoms with E-state index in [2.05, 4.69) is 31.5 Å². The van der Waals surface area contributed by atoms with Crippen molar-refractivity contribution in [2.24, 2.45) is 0 Å². The van der Waals surface area contributed by atoms with Crippen molar-refractivity contribution in [3.05, 3.63) is 41.7 Å². The molecule has 0 bridgehead atoms. The Bertz CT molecular complexity index is 659. The van der Waals surface area contributed by atoms with Crippen molar-refractivity contribution in [3.63, 3.8) is 0 Å². The molecule has 0 unspecified atom stereocenters. The van der Waals surface area contributed by atoms with Gasteiger partial charge in [0.05, 0.1) is 11.3 Å². The first-order valence-electron chi connectivity index (χ1n) is 7.42. The molecule has 2 aromatic heterocycles. The van der Waals surface area contributed by atoms with Gasteiger partial charge in [-0.05, 0) is 44.0 Å². The van der Waals surface area contributed by atoms with E-state index in [-0.39, 0.29) is 0 Å². The molecule has 0 radical (unpaired) electrons. The van der Waals surface area contributed by atoms with Crippen LogP contribution in [0.2, 0.25) is 0 Å². The summed E-state index contributed by atoms with van der Waals surface area (Å²) < 4.78 is 0. The lowest BCUT2D eigenvalue weighted by Crippen LogP contribution is -2.42. The highest BCUT2D eigenvalue weighted by molar-refractivity contribution is 5.42. The van der Waals surface area contributed by atoms with Crippen LogP contribution in [0.25, 0.3) is 0 Å². The number of piperidine rings is 1. The van der Waals surface area contributed by atoms with Gasteiger partial charge in [-0.1, -0.05) is 0 Å². The van der Waals surface area contributed by atoms with Crippen molar-refractivity contribution in [2.75, 3.05) is 23.3 Å². The lowest BCUT2D eigenvalue weighted by Gasteiger charge is -2.33. The molecule has 3 rings (SSSR count). The quantitative estimate of drug-likeness (QED) is 0.934. The van der Waals surface area contributed by atoms with E-state index in [1.165, 1.54) is 0 Å². The number of aromatic nitrogens is 3. The Balaban J connectivity index is 1.65. The van der Waals surface area contributed by atoms with Gasteiger partial charge in [-0.15, -0.1) is 5.10 Å². The number of aryl methyl sites for hydroxylation is 1. The molecule has 2 aromatic rings. The molecule has 3 heterocycles. The predicted molar refractivity (Wildman–Crippen MR) is 84.6 cm³/mol. The summed E-state index contributed by atoms with van der Waals surface area (Å²) in [5.41, 5.74) is 1.50. The van der Waals surface area contributed by atoms with Crippen LogP contribution in [0, 0.1) is 18.3 Å². The van der Waals surface area contributed by atoms with Crippen LogP contribution in [0.4, 0.5) is 11.6 Å². The van der Waals surface area contributed by atoms with Crippen LogP contribution in [-0.2, 0) is 0 Å². The van der Waals surface area contributed by atoms with Gasteiger partial charge >= 0.3 is 0 Å². The van der Waals surface area contributed by atoms with Crippen molar-refractivity contribution < 1.29 is 0 Å². The molecule has 6 heteroatoms. The van der Waals surface area contributed by atoms with Gasteiger partial charge in [-0.25, -0.2) is 4.98 Å². The molecule has 1 fully saturated rings. The van der Waals surface area contributed by atoms with Gasteiger partial charge in [0.15, 0.2) is 5.82 Å². The monoisotopic (exact) mass is 294 g/mol. The summed E-state index contributed by atoms with van der Waals surface area (Å²) in [7, 11) is 0. The first kappa shape index (κ1) is 14.3. The Kier molecular flexibility index (Phi) is 4.15. The molecule has 1 N–H and O–H groups in total. The van der Waals surface area contributed by atoms with E-state index in [1.54, 1.807) is 12.3 Å². The first-order chi connectivity index (χ1) is 10.7. The minimum atomic E-state index is 0.317. The molecule has 1 aliphatic rings. The summed E-state index contributed by atoms with van der Waals surface area (Å²) in [6.07, 6.45) is 3.79. The number of anilines is 2. The van der Waals surface area contributed by atoms with Crippen molar-refractivity contribution >= 4 is 11.6 Å².